The fourth-order valence-corrected chi connectivity index (χ4v) is 1.67. The standard InChI is InChI=1S/C9H10BrN3/c1-3-6-7(5-11)9(10)13-12-8(6)4-2/h3-4H2,1-2H3. The van der Waals surface area contributed by atoms with Crippen LogP contribution in [0.5, 0.6) is 0 Å². The van der Waals surface area contributed by atoms with Gasteiger partial charge in [0.2, 0.25) is 0 Å². The average molecular weight is 240 g/mol. The van der Waals surface area contributed by atoms with Gasteiger partial charge in [0.15, 0.2) is 0 Å². The molecule has 0 spiro atoms. The van der Waals surface area contributed by atoms with Gasteiger partial charge in [-0.3, -0.25) is 0 Å². The van der Waals surface area contributed by atoms with Gasteiger partial charge in [-0.1, -0.05) is 13.8 Å². The zero-order valence-corrected chi connectivity index (χ0v) is 9.22. The Labute approximate surface area is 85.9 Å². The Kier molecular flexibility index (Phi) is 3.38. The van der Waals surface area contributed by atoms with E-state index in [4.69, 9.17) is 5.26 Å². The van der Waals surface area contributed by atoms with Crippen LogP contribution >= 0.6 is 15.9 Å². The Morgan fingerprint density at radius 2 is 2.00 bits per heavy atom. The van der Waals surface area contributed by atoms with Crippen LogP contribution in [-0.4, -0.2) is 10.2 Å². The molecule has 0 aromatic carbocycles. The monoisotopic (exact) mass is 239 g/mol. The van der Waals surface area contributed by atoms with Crippen LogP contribution in [0.4, 0.5) is 0 Å². The quantitative estimate of drug-likeness (QED) is 0.796. The third-order valence-electron chi connectivity index (χ3n) is 1.92. The van der Waals surface area contributed by atoms with Crippen molar-refractivity contribution in [2.45, 2.75) is 26.7 Å². The average Bonchev–Trinajstić information content (AvgIpc) is 2.17. The third kappa shape index (κ3) is 1.86. The van der Waals surface area contributed by atoms with E-state index in [1.165, 1.54) is 0 Å². The van der Waals surface area contributed by atoms with Crippen LogP contribution in [0, 0.1) is 11.3 Å². The van der Waals surface area contributed by atoms with Crippen LogP contribution in [0.1, 0.15) is 30.7 Å². The van der Waals surface area contributed by atoms with Gasteiger partial charge in [-0.15, -0.1) is 5.10 Å². The van der Waals surface area contributed by atoms with Crippen molar-refractivity contribution in [2.75, 3.05) is 0 Å². The van der Waals surface area contributed by atoms with E-state index < -0.39 is 0 Å². The van der Waals surface area contributed by atoms with Crippen molar-refractivity contribution in [3.63, 3.8) is 0 Å². The second-order valence-electron chi connectivity index (χ2n) is 2.61. The van der Waals surface area contributed by atoms with Crippen LogP contribution in [-0.2, 0) is 12.8 Å². The van der Waals surface area contributed by atoms with E-state index in [2.05, 4.69) is 32.2 Å². The lowest BCUT2D eigenvalue weighted by Crippen LogP contribution is -2.02. The molecule has 0 aliphatic rings. The zero-order valence-electron chi connectivity index (χ0n) is 7.63. The third-order valence-corrected chi connectivity index (χ3v) is 2.47. The molecule has 0 bridgehead atoms. The van der Waals surface area contributed by atoms with Crippen LogP contribution in [0.2, 0.25) is 0 Å². The van der Waals surface area contributed by atoms with E-state index in [0.29, 0.717) is 10.2 Å². The Balaban J connectivity index is 3.38. The lowest BCUT2D eigenvalue weighted by molar-refractivity contribution is 0.859. The van der Waals surface area contributed by atoms with Crippen molar-refractivity contribution in [3.05, 3.63) is 21.4 Å². The van der Waals surface area contributed by atoms with Crippen molar-refractivity contribution < 1.29 is 0 Å². The van der Waals surface area contributed by atoms with Gasteiger partial charge < -0.3 is 0 Å². The molecule has 0 aliphatic heterocycles. The first-order valence-electron chi connectivity index (χ1n) is 4.18. The number of nitriles is 1. The number of aromatic nitrogens is 2. The minimum atomic E-state index is 0.545. The normalized spacial score (nSPS) is 9.69. The minimum absolute atomic E-state index is 0.545. The fraction of sp³-hybridized carbons (Fsp3) is 0.444. The molecule has 3 nitrogen and oxygen atoms in total. The summed E-state index contributed by atoms with van der Waals surface area (Å²) in [4.78, 5) is 0. The van der Waals surface area contributed by atoms with Crippen LogP contribution < -0.4 is 0 Å². The maximum Gasteiger partial charge on any atom is 0.146 e. The smallest absolute Gasteiger partial charge is 0.146 e. The van der Waals surface area contributed by atoms with Gasteiger partial charge in [-0.2, -0.15) is 10.4 Å². The van der Waals surface area contributed by atoms with Gasteiger partial charge in [0, 0.05) is 0 Å². The van der Waals surface area contributed by atoms with Gasteiger partial charge in [0.25, 0.3) is 0 Å². The topological polar surface area (TPSA) is 49.6 Å². The lowest BCUT2D eigenvalue weighted by atomic mass is 10.1. The summed E-state index contributed by atoms with van der Waals surface area (Å²) in [5.74, 6) is 0. The summed E-state index contributed by atoms with van der Waals surface area (Å²) in [7, 11) is 0. The molecule has 0 unspecified atom stereocenters. The minimum Gasteiger partial charge on any atom is -0.192 e. The molecule has 68 valence electrons. The molecular formula is C9H10BrN3. The maximum absolute atomic E-state index is 8.90. The predicted octanol–water partition coefficient (Wildman–Crippen LogP) is 2.24. The molecule has 0 radical (unpaired) electrons. The fourth-order valence-electron chi connectivity index (χ4n) is 1.26. The summed E-state index contributed by atoms with van der Waals surface area (Å²) in [5.41, 5.74) is 2.54. The van der Waals surface area contributed by atoms with Gasteiger partial charge >= 0.3 is 0 Å². The van der Waals surface area contributed by atoms with E-state index >= 15 is 0 Å². The predicted molar refractivity (Wildman–Crippen MR) is 53.2 cm³/mol. The van der Waals surface area contributed by atoms with Gasteiger partial charge in [0.1, 0.15) is 10.7 Å². The molecule has 0 N–H and O–H groups in total. The van der Waals surface area contributed by atoms with E-state index in [0.717, 1.165) is 24.1 Å². The van der Waals surface area contributed by atoms with Gasteiger partial charge in [-0.25, -0.2) is 0 Å². The Morgan fingerprint density at radius 3 is 2.46 bits per heavy atom. The van der Waals surface area contributed by atoms with Crippen molar-refractivity contribution in [2.24, 2.45) is 0 Å². The summed E-state index contributed by atoms with van der Waals surface area (Å²) in [6.07, 6.45) is 1.64. The van der Waals surface area contributed by atoms with Crippen molar-refractivity contribution >= 4 is 15.9 Å². The summed E-state index contributed by atoms with van der Waals surface area (Å²) in [6.45, 7) is 4.03. The highest BCUT2D eigenvalue weighted by Gasteiger charge is 2.11. The Morgan fingerprint density at radius 1 is 1.31 bits per heavy atom. The molecule has 0 aliphatic carbocycles. The molecule has 1 heterocycles. The molecule has 0 fully saturated rings. The number of halogens is 1. The second-order valence-corrected chi connectivity index (χ2v) is 3.36. The SMILES string of the molecule is CCc1nnc(Br)c(C#N)c1CC. The van der Waals surface area contributed by atoms with E-state index in [9.17, 15) is 0 Å². The Hall–Kier alpha value is -0.950. The first-order valence-corrected chi connectivity index (χ1v) is 4.97. The van der Waals surface area contributed by atoms with Crippen LogP contribution in [0.3, 0.4) is 0 Å². The molecular weight excluding hydrogens is 230 g/mol. The number of hydrogen-bond donors (Lipinski definition) is 0. The molecule has 0 amide bonds. The first-order chi connectivity index (χ1) is 6.24. The lowest BCUT2D eigenvalue weighted by Gasteiger charge is -2.06. The molecule has 0 atom stereocenters. The van der Waals surface area contributed by atoms with E-state index in [1.807, 2.05) is 13.8 Å². The molecule has 0 saturated heterocycles. The Bertz CT molecular complexity index is 355. The highest BCUT2D eigenvalue weighted by atomic mass is 79.9. The van der Waals surface area contributed by atoms with Gasteiger partial charge in [0.05, 0.1) is 11.3 Å². The first kappa shape index (κ1) is 10.1. The molecule has 1 aromatic rings. The highest BCUT2D eigenvalue weighted by molar-refractivity contribution is 9.10. The summed E-state index contributed by atoms with van der Waals surface area (Å²) in [6, 6.07) is 2.14. The molecule has 1 aromatic heterocycles. The zero-order chi connectivity index (χ0) is 9.84. The number of nitrogens with zero attached hydrogens (tertiary/aromatic N) is 3. The van der Waals surface area contributed by atoms with E-state index in [-0.39, 0.29) is 0 Å². The second kappa shape index (κ2) is 4.33. The van der Waals surface area contributed by atoms with Crippen molar-refractivity contribution in [3.8, 4) is 6.07 Å². The number of hydrogen-bond acceptors (Lipinski definition) is 3. The largest absolute Gasteiger partial charge is 0.192 e. The number of aryl methyl sites for hydroxylation is 1. The molecule has 0 saturated carbocycles. The summed E-state index contributed by atoms with van der Waals surface area (Å²) < 4.78 is 0.545. The maximum atomic E-state index is 8.90. The summed E-state index contributed by atoms with van der Waals surface area (Å²) >= 11 is 3.22. The van der Waals surface area contributed by atoms with Gasteiger partial charge in [-0.05, 0) is 34.3 Å². The molecule has 4 heteroatoms. The highest BCUT2D eigenvalue weighted by Crippen LogP contribution is 2.19. The number of rotatable bonds is 2. The molecule has 13 heavy (non-hydrogen) atoms. The van der Waals surface area contributed by atoms with Crippen LogP contribution in [0.15, 0.2) is 4.60 Å². The van der Waals surface area contributed by atoms with Crippen LogP contribution in [0.25, 0.3) is 0 Å². The van der Waals surface area contributed by atoms with E-state index in [1.54, 1.807) is 0 Å². The van der Waals surface area contributed by atoms with Crippen molar-refractivity contribution in [1.29, 1.82) is 5.26 Å². The molecule has 1 rings (SSSR count). The van der Waals surface area contributed by atoms with Crippen molar-refractivity contribution in [1.82, 2.24) is 10.2 Å². The summed E-state index contributed by atoms with van der Waals surface area (Å²) in [5, 5.41) is 16.8.